The summed E-state index contributed by atoms with van der Waals surface area (Å²) in [4.78, 5) is 22.5. The fraction of sp³-hybridized carbons (Fsp3) is 0.300. The minimum Gasteiger partial charge on any atom is -0.340 e. The van der Waals surface area contributed by atoms with E-state index in [2.05, 4.69) is 34.2 Å². The van der Waals surface area contributed by atoms with Gasteiger partial charge in [0.15, 0.2) is 0 Å². The second-order valence-electron chi connectivity index (χ2n) is 6.60. The number of H-pyrrole nitrogens is 1. The van der Waals surface area contributed by atoms with Gasteiger partial charge >= 0.3 is 0 Å². The van der Waals surface area contributed by atoms with Crippen LogP contribution < -0.4 is 0 Å². The van der Waals surface area contributed by atoms with E-state index in [-0.39, 0.29) is 11.8 Å². The fourth-order valence-corrected chi connectivity index (χ4v) is 3.60. The molecule has 3 aromatic rings. The van der Waals surface area contributed by atoms with E-state index in [1.807, 2.05) is 31.3 Å². The van der Waals surface area contributed by atoms with Crippen molar-refractivity contribution in [1.82, 2.24) is 14.9 Å². The molecule has 4 heteroatoms. The molecule has 1 heterocycles. The number of benzene rings is 2. The molecule has 1 unspecified atom stereocenters. The molecule has 4 nitrogen and oxygen atoms in total. The van der Waals surface area contributed by atoms with Crippen LogP contribution in [0.15, 0.2) is 48.5 Å². The number of fused-ring (bicyclic) bond motifs is 2. The molecule has 0 aliphatic heterocycles. The van der Waals surface area contributed by atoms with Crippen molar-refractivity contribution in [3.05, 3.63) is 65.5 Å². The van der Waals surface area contributed by atoms with E-state index in [0.29, 0.717) is 6.54 Å². The van der Waals surface area contributed by atoms with Gasteiger partial charge in [-0.1, -0.05) is 36.4 Å². The van der Waals surface area contributed by atoms with Crippen molar-refractivity contribution in [1.29, 1.82) is 0 Å². The first-order valence-electron chi connectivity index (χ1n) is 8.46. The maximum atomic E-state index is 12.8. The van der Waals surface area contributed by atoms with Crippen LogP contribution >= 0.6 is 0 Å². The molecule has 0 bridgehead atoms. The molecule has 1 N–H and O–H groups in total. The lowest BCUT2D eigenvalue weighted by molar-refractivity contribution is -0.135. The lowest BCUT2D eigenvalue weighted by Crippen LogP contribution is -2.35. The minimum absolute atomic E-state index is 0.0780. The highest BCUT2D eigenvalue weighted by Crippen LogP contribution is 2.26. The van der Waals surface area contributed by atoms with E-state index in [4.69, 9.17) is 0 Å². The number of aromatic nitrogens is 2. The van der Waals surface area contributed by atoms with Crippen LogP contribution in [0.1, 0.15) is 23.4 Å². The maximum absolute atomic E-state index is 12.8. The molecule has 1 amide bonds. The summed E-state index contributed by atoms with van der Waals surface area (Å²) in [5, 5.41) is 0. The van der Waals surface area contributed by atoms with Crippen LogP contribution in [0.2, 0.25) is 0 Å². The third kappa shape index (κ3) is 2.80. The highest BCUT2D eigenvalue weighted by molar-refractivity contribution is 5.79. The number of imidazole rings is 1. The Morgan fingerprint density at radius 1 is 1.17 bits per heavy atom. The van der Waals surface area contributed by atoms with Crippen molar-refractivity contribution in [2.45, 2.75) is 25.8 Å². The predicted molar refractivity (Wildman–Crippen MR) is 94.5 cm³/mol. The van der Waals surface area contributed by atoms with Gasteiger partial charge in [-0.15, -0.1) is 0 Å². The van der Waals surface area contributed by atoms with Crippen LogP contribution in [0.4, 0.5) is 0 Å². The van der Waals surface area contributed by atoms with Crippen LogP contribution in [-0.4, -0.2) is 27.8 Å². The molecule has 0 radical (unpaired) electrons. The highest BCUT2D eigenvalue weighted by atomic mass is 16.2. The minimum atomic E-state index is 0.0780. The lowest BCUT2D eigenvalue weighted by atomic mass is 9.83. The number of carbonyl (C=O) groups excluding carboxylic acids is 1. The van der Waals surface area contributed by atoms with Crippen LogP contribution in [-0.2, 0) is 24.2 Å². The van der Waals surface area contributed by atoms with Gasteiger partial charge in [-0.05, 0) is 42.5 Å². The molecule has 1 aliphatic carbocycles. The van der Waals surface area contributed by atoms with Gasteiger partial charge in [0.05, 0.1) is 17.6 Å². The molecule has 1 aliphatic rings. The van der Waals surface area contributed by atoms with Gasteiger partial charge in [-0.3, -0.25) is 4.79 Å². The van der Waals surface area contributed by atoms with Crippen molar-refractivity contribution >= 4 is 16.9 Å². The van der Waals surface area contributed by atoms with Crippen molar-refractivity contribution in [3.8, 4) is 0 Å². The summed E-state index contributed by atoms with van der Waals surface area (Å²) in [6.45, 7) is 0.520. The van der Waals surface area contributed by atoms with Gasteiger partial charge in [0, 0.05) is 13.0 Å². The number of para-hydroxylation sites is 2. The number of aromatic amines is 1. The summed E-state index contributed by atoms with van der Waals surface area (Å²) in [6.07, 6.45) is 2.77. The molecule has 2 aromatic carbocycles. The van der Waals surface area contributed by atoms with E-state index in [9.17, 15) is 4.79 Å². The highest BCUT2D eigenvalue weighted by Gasteiger charge is 2.27. The average molecular weight is 319 g/mol. The van der Waals surface area contributed by atoms with E-state index in [0.717, 1.165) is 36.1 Å². The van der Waals surface area contributed by atoms with Gasteiger partial charge in [-0.25, -0.2) is 4.98 Å². The summed E-state index contributed by atoms with van der Waals surface area (Å²) < 4.78 is 0. The van der Waals surface area contributed by atoms with Gasteiger partial charge in [0.1, 0.15) is 5.82 Å². The second-order valence-corrected chi connectivity index (χ2v) is 6.60. The smallest absolute Gasteiger partial charge is 0.226 e. The Balaban J connectivity index is 1.46. The third-order valence-electron chi connectivity index (χ3n) is 4.90. The quantitative estimate of drug-likeness (QED) is 0.805. The molecule has 0 saturated carbocycles. The Hall–Kier alpha value is -2.62. The van der Waals surface area contributed by atoms with Crippen LogP contribution in [0.5, 0.6) is 0 Å². The average Bonchev–Trinajstić information content (AvgIpc) is 3.02. The number of hydrogen-bond donors (Lipinski definition) is 1. The molecule has 4 rings (SSSR count). The maximum Gasteiger partial charge on any atom is 0.226 e. The Kier molecular flexibility index (Phi) is 3.81. The predicted octanol–water partition coefficient (Wildman–Crippen LogP) is 3.33. The van der Waals surface area contributed by atoms with Crippen molar-refractivity contribution in [2.24, 2.45) is 5.92 Å². The van der Waals surface area contributed by atoms with Gasteiger partial charge in [0.25, 0.3) is 0 Å². The van der Waals surface area contributed by atoms with Crippen molar-refractivity contribution in [3.63, 3.8) is 0 Å². The summed E-state index contributed by atoms with van der Waals surface area (Å²) in [6, 6.07) is 16.4. The van der Waals surface area contributed by atoms with Crippen molar-refractivity contribution < 1.29 is 4.79 Å². The second kappa shape index (κ2) is 6.11. The first kappa shape index (κ1) is 14.9. The fourth-order valence-electron chi connectivity index (χ4n) is 3.60. The monoisotopic (exact) mass is 319 g/mol. The molecular weight excluding hydrogens is 298 g/mol. The Morgan fingerprint density at radius 3 is 2.75 bits per heavy atom. The molecule has 1 aromatic heterocycles. The molecule has 0 spiro atoms. The zero-order chi connectivity index (χ0) is 16.5. The summed E-state index contributed by atoms with van der Waals surface area (Å²) in [5.41, 5.74) is 4.67. The SMILES string of the molecule is CN(Cc1nc2ccccc2[nH]1)C(=O)C1CCc2ccccc2C1. The third-order valence-corrected chi connectivity index (χ3v) is 4.90. The Morgan fingerprint density at radius 2 is 1.92 bits per heavy atom. The number of amides is 1. The zero-order valence-electron chi connectivity index (χ0n) is 13.8. The molecule has 0 fully saturated rings. The molecule has 24 heavy (non-hydrogen) atoms. The van der Waals surface area contributed by atoms with Gasteiger partial charge < -0.3 is 9.88 Å². The Labute approximate surface area is 141 Å². The number of carbonyl (C=O) groups is 1. The standard InChI is InChI=1S/C20H21N3O/c1-23(13-19-21-17-8-4-5-9-18(17)22-19)20(24)16-11-10-14-6-2-3-7-15(14)12-16/h2-9,16H,10-13H2,1H3,(H,21,22). The van der Waals surface area contributed by atoms with Crippen molar-refractivity contribution in [2.75, 3.05) is 7.05 Å². The number of rotatable bonds is 3. The van der Waals surface area contributed by atoms with Gasteiger partial charge in [-0.2, -0.15) is 0 Å². The molecule has 122 valence electrons. The Bertz CT molecular complexity index is 850. The lowest BCUT2D eigenvalue weighted by Gasteiger charge is -2.27. The number of aryl methyl sites for hydroxylation is 1. The summed E-state index contributed by atoms with van der Waals surface area (Å²) in [7, 11) is 1.87. The summed E-state index contributed by atoms with van der Waals surface area (Å²) >= 11 is 0. The van der Waals surface area contributed by atoms with Gasteiger partial charge in [0.2, 0.25) is 5.91 Å². The van der Waals surface area contributed by atoms with Crippen LogP contribution in [0, 0.1) is 5.92 Å². The molecular formula is C20H21N3O. The largest absolute Gasteiger partial charge is 0.340 e. The topological polar surface area (TPSA) is 49.0 Å². The van der Waals surface area contributed by atoms with Crippen LogP contribution in [0.25, 0.3) is 11.0 Å². The van der Waals surface area contributed by atoms with E-state index in [1.54, 1.807) is 4.90 Å². The number of nitrogens with zero attached hydrogens (tertiary/aromatic N) is 2. The van der Waals surface area contributed by atoms with E-state index < -0.39 is 0 Å². The van der Waals surface area contributed by atoms with E-state index >= 15 is 0 Å². The zero-order valence-corrected chi connectivity index (χ0v) is 13.8. The van der Waals surface area contributed by atoms with E-state index in [1.165, 1.54) is 11.1 Å². The first-order chi connectivity index (χ1) is 11.7. The molecule has 1 atom stereocenters. The normalized spacial score (nSPS) is 16.8. The summed E-state index contributed by atoms with van der Waals surface area (Å²) in [5.74, 6) is 1.13. The number of hydrogen-bond acceptors (Lipinski definition) is 2. The first-order valence-corrected chi connectivity index (χ1v) is 8.46. The van der Waals surface area contributed by atoms with Crippen LogP contribution in [0.3, 0.4) is 0 Å². The molecule has 0 saturated heterocycles. The number of nitrogens with one attached hydrogen (secondary N) is 1.